The zero-order chi connectivity index (χ0) is 23.8. The smallest absolute Gasteiger partial charge is 0.416 e. The van der Waals surface area contributed by atoms with Crippen LogP contribution in [0.5, 0.6) is 5.75 Å². The number of alkyl halides is 3. The van der Waals surface area contributed by atoms with Crippen molar-refractivity contribution >= 4 is 9.73 Å². The molecule has 0 aliphatic carbocycles. The van der Waals surface area contributed by atoms with Gasteiger partial charge in [0.15, 0.2) is 0 Å². The van der Waals surface area contributed by atoms with Gasteiger partial charge in [0.1, 0.15) is 18.6 Å². The number of ether oxygens (including phenoxy) is 1. The molecule has 0 fully saturated rings. The van der Waals surface area contributed by atoms with E-state index in [9.17, 15) is 22.2 Å². The average molecular weight is 478 g/mol. The molecule has 10 heteroatoms. The number of hydrogen-bond donors (Lipinski definition) is 2. The van der Waals surface area contributed by atoms with E-state index in [4.69, 9.17) is 13.9 Å². The molecule has 1 unspecified atom stereocenters. The second-order valence-corrected chi connectivity index (χ2v) is 10.1. The highest BCUT2D eigenvalue weighted by Gasteiger charge is 2.33. The molecule has 3 aromatic rings. The van der Waals surface area contributed by atoms with Crippen molar-refractivity contribution in [2.45, 2.75) is 36.7 Å². The Bertz CT molecular complexity index is 1330. The number of hydrogen-bond acceptors (Lipinski definition) is 6. The third-order valence-electron chi connectivity index (χ3n) is 5.41. The van der Waals surface area contributed by atoms with Gasteiger partial charge in [0.05, 0.1) is 15.3 Å². The average Bonchev–Trinajstić information content (AvgIpc) is 3.14. The molecule has 1 aromatic heterocycles. The highest BCUT2D eigenvalue weighted by atomic mass is 32.2. The summed E-state index contributed by atoms with van der Waals surface area (Å²) < 4.78 is 69.1. The fourth-order valence-electron chi connectivity index (χ4n) is 3.66. The Morgan fingerprint density at radius 3 is 2.55 bits per heavy atom. The largest absolute Gasteiger partial charge is 0.482 e. The van der Waals surface area contributed by atoms with Gasteiger partial charge in [-0.05, 0) is 41.0 Å². The molecule has 0 saturated heterocycles. The van der Waals surface area contributed by atoms with Crippen LogP contribution in [0.25, 0.3) is 0 Å². The fourth-order valence-corrected chi connectivity index (χ4v) is 4.31. The van der Waals surface area contributed by atoms with Crippen LogP contribution in [-0.2, 0) is 35.5 Å². The van der Waals surface area contributed by atoms with E-state index in [0.29, 0.717) is 29.2 Å². The third kappa shape index (κ3) is 5.28. The van der Waals surface area contributed by atoms with Crippen molar-refractivity contribution in [3.05, 3.63) is 93.0 Å². The number of halogens is 3. The van der Waals surface area contributed by atoms with Crippen LogP contribution in [-0.4, -0.2) is 10.5 Å². The first-order chi connectivity index (χ1) is 15.5. The number of fused-ring (bicyclic) bond motifs is 1. The van der Waals surface area contributed by atoms with Crippen molar-refractivity contribution in [2.24, 2.45) is 0 Å². The molecule has 2 N–H and O–H groups in total. The molecule has 2 atom stereocenters. The Morgan fingerprint density at radius 2 is 1.91 bits per heavy atom. The molecule has 6 nitrogen and oxygen atoms in total. The predicted octanol–water partition coefficient (Wildman–Crippen LogP) is 4.66. The SMILES string of the molecule is C[S@@](=N)(=O)c1ccc(COc2coc(CC3NCc4cc(C(F)(F)F)ccc43)cc2=O)cc1. The zero-order valence-electron chi connectivity index (χ0n) is 17.6. The van der Waals surface area contributed by atoms with Crippen LogP contribution in [0.3, 0.4) is 0 Å². The Hall–Kier alpha value is -3.11. The highest BCUT2D eigenvalue weighted by molar-refractivity contribution is 7.91. The van der Waals surface area contributed by atoms with Crippen LogP contribution < -0.4 is 15.5 Å². The molecule has 33 heavy (non-hydrogen) atoms. The second-order valence-electron chi connectivity index (χ2n) is 7.90. The van der Waals surface area contributed by atoms with Crippen LogP contribution in [0.4, 0.5) is 13.2 Å². The van der Waals surface area contributed by atoms with Crippen molar-refractivity contribution in [2.75, 3.05) is 6.26 Å². The zero-order valence-corrected chi connectivity index (χ0v) is 18.4. The number of nitrogens with one attached hydrogen (secondary N) is 2. The lowest BCUT2D eigenvalue weighted by atomic mass is 9.99. The third-order valence-corrected chi connectivity index (χ3v) is 6.58. The fraction of sp³-hybridized carbons (Fsp3) is 0.261. The number of rotatable bonds is 6. The van der Waals surface area contributed by atoms with Gasteiger partial charge in [0.2, 0.25) is 11.2 Å². The van der Waals surface area contributed by atoms with E-state index in [2.05, 4.69) is 5.32 Å². The van der Waals surface area contributed by atoms with E-state index >= 15 is 0 Å². The Morgan fingerprint density at radius 1 is 1.18 bits per heavy atom. The summed E-state index contributed by atoms with van der Waals surface area (Å²) in [6.45, 7) is 0.397. The molecule has 1 aliphatic heterocycles. The lowest BCUT2D eigenvalue weighted by Crippen LogP contribution is -2.16. The quantitative estimate of drug-likeness (QED) is 0.538. The van der Waals surface area contributed by atoms with Gasteiger partial charge >= 0.3 is 6.18 Å². The van der Waals surface area contributed by atoms with E-state index in [0.717, 1.165) is 23.3 Å². The summed E-state index contributed by atoms with van der Waals surface area (Å²) in [4.78, 5) is 12.8. The van der Waals surface area contributed by atoms with Gasteiger partial charge in [-0.15, -0.1) is 0 Å². The van der Waals surface area contributed by atoms with E-state index in [1.807, 2.05) is 0 Å². The molecular formula is C23H21F3N2O4S. The van der Waals surface area contributed by atoms with Gasteiger partial charge in [-0.2, -0.15) is 13.2 Å². The molecule has 0 radical (unpaired) electrons. The summed E-state index contributed by atoms with van der Waals surface area (Å²) in [6.07, 6.45) is -1.53. The van der Waals surface area contributed by atoms with Crippen LogP contribution in [0.1, 0.15) is 34.1 Å². The molecule has 0 bridgehead atoms. The normalized spacial score (nSPS) is 17.4. The lowest BCUT2D eigenvalue weighted by molar-refractivity contribution is -0.137. The van der Waals surface area contributed by atoms with Crippen molar-refractivity contribution in [3.8, 4) is 5.75 Å². The standard InChI is InChI=1S/C23H21F3N2O4S/c1-33(27,30)18-5-2-14(3-6-18)12-32-22-13-31-17(10-21(22)29)9-20-19-7-4-16(23(24,25)26)8-15(19)11-28-20/h2-8,10,13,20,27-28H,9,11-12H2,1H3/t20?,33-/m1/s1. The molecular weight excluding hydrogens is 457 g/mol. The minimum Gasteiger partial charge on any atom is -0.482 e. The lowest BCUT2D eigenvalue weighted by Gasteiger charge is -2.13. The van der Waals surface area contributed by atoms with Crippen LogP contribution in [0.2, 0.25) is 0 Å². The summed E-state index contributed by atoms with van der Waals surface area (Å²) in [5.41, 5.74) is 0.997. The van der Waals surface area contributed by atoms with E-state index in [1.165, 1.54) is 24.7 Å². The Kier molecular flexibility index (Phi) is 6.06. The highest BCUT2D eigenvalue weighted by Crippen LogP contribution is 2.35. The Balaban J connectivity index is 1.41. The minimum absolute atomic E-state index is 0.0252. The van der Waals surface area contributed by atoms with Gasteiger partial charge in [0.25, 0.3) is 0 Å². The second kappa shape index (κ2) is 8.68. The van der Waals surface area contributed by atoms with Crippen molar-refractivity contribution in [1.82, 2.24) is 5.32 Å². The van der Waals surface area contributed by atoms with Crippen LogP contribution in [0.15, 0.2) is 68.9 Å². The topological polar surface area (TPSA) is 92.4 Å². The maximum atomic E-state index is 12.9. The molecule has 0 spiro atoms. The summed E-state index contributed by atoms with van der Waals surface area (Å²) >= 11 is 0. The van der Waals surface area contributed by atoms with Crippen molar-refractivity contribution in [3.63, 3.8) is 0 Å². The van der Waals surface area contributed by atoms with E-state index < -0.39 is 21.5 Å². The predicted molar refractivity (Wildman–Crippen MR) is 116 cm³/mol. The van der Waals surface area contributed by atoms with Crippen molar-refractivity contribution < 1.29 is 26.5 Å². The summed E-state index contributed by atoms with van der Waals surface area (Å²) in [7, 11) is -2.80. The summed E-state index contributed by atoms with van der Waals surface area (Å²) in [5, 5.41) is 3.15. The molecule has 174 valence electrons. The van der Waals surface area contributed by atoms with Gasteiger partial charge in [-0.3, -0.25) is 4.79 Å². The molecule has 4 rings (SSSR count). The molecule has 2 heterocycles. The maximum absolute atomic E-state index is 12.9. The van der Waals surface area contributed by atoms with E-state index in [1.54, 1.807) is 24.3 Å². The van der Waals surface area contributed by atoms with Crippen LogP contribution in [0, 0.1) is 4.78 Å². The monoisotopic (exact) mass is 478 g/mol. The molecule has 2 aromatic carbocycles. The molecule has 0 amide bonds. The Labute approximate surface area is 188 Å². The summed E-state index contributed by atoms with van der Waals surface area (Å²) in [5.74, 6) is 0.410. The van der Waals surface area contributed by atoms with Gasteiger partial charge in [0, 0.05) is 36.2 Å². The number of benzene rings is 2. The maximum Gasteiger partial charge on any atom is 0.416 e. The molecule has 0 saturated carbocycles. The van der Waals surface area contributed by atoms with Crippen LogP contribution >= 0.6 is 0 Å². The van der Waals surface area contributed by atoms with Crippen molar-refractivity contribution in [1.29, 1.82) is 4.78 Å². The van der Waals surface area contributed by atoms with Gasteiger partial charge in [-0.25, -0.2) is 8.99 Å². The van der Waals surface area contributed by atoms with E-state index in [-0.39, 0.29) is 23.8 Å². The first-order valence-electron chi connectivity index (χ1n) is 10.0. The first kappa shape index (κ1) is 23.1. The first-order valence-corrected chi connectivity index (χ1v) is 12.0. The minimum atomic E-state index is -4.39. The molecule has 1 aliphatic rings. The van der Waals surface area contributed by atoms with Gasteiger partial charge < -0.3 is 14.5 Å². The summed E-state index contributed by atoms with van der Waals surface area (Å²) in [6, 6.07) is 11.2. The van der Waals surface area contributed by atoms with Gasteiger partial charge in [-0.1, -0.05) is 18.2 Å².